The van der Waals surface area contributed by atoms with Crippen LogP contribution in [0.2, 0.25) is 0 Å². The number of likely N-dealkylation sites (tertiary alicyclic amines) is 1. The molecule has 0 unspecified atom stereocenters. The predicted molar refractivity (Wildman–Crippen MR) is 88.3 cm³/mol. The number of hydrogen-bond donors (Lipinski definition) is 0. The van der Waals surface area contributed by atoms with Gasteiger partial charge in [-0.3, -0.25) is 9.69 Å². The Bertz CT molecular complexity index is 523. The molecule has 0 radical (unpaired) electrons. The van der Waals surface area contributed by atoms with Gasteiger partial charge < -0.3 is 14.4 Å². The molecule has 2 aliphatic rings. The minimum absolute atomic E-state index is 0.00677. The van der Waals surface area contributed by atoms with E-state index in [9.17, 15) is 4.79 Å². The highest BCUT2D eigenvalue weighted by molar-refractivity contribution is 7.09. The molecular formula is C16H25N3O3S. The van der Waals surface area contributed by atoms with Crippen molar-refractivity contribution in [2.75, 3.05) is 47.0 Å². The standard InChI is InChI=1S/C16H25N3O3S/c1-18(2)15(20)10-21-12-16-4-7-22-13(16)3-6-19(11-16)9-14-17-5-8-23-14/h5,8,13H,3-4,6-7,9-12H2,1-2H3/t13-,16+/m0/s1. The van der Waals surface area contributed by atoms with Crippen LogP contribution in [0.15, 0.2) is 11.6 Å². The first-order valence-corrected chi connectivity index (χ1v) is 8.97. The molecule has 0 spiro atoms. The van der Waals surface area contributed by atoms with E-state index in [2.05, 4.69) is 9.88 Å². The van der Waals surface area contributed by atoms with Crippen molar-refractivity contribution in [1.82, 2.24) is 14.8 Å². The van der Waals surface area contributed by atoms with Crippen molar-refractivity contribution < 1.29 is 14.3 Å². The lowest BCUT2D eigenvalue weighted by atomic mass is 9.77. The fourth-order valence-corrected chi connectivity index (χ4v) is 4.13. The lowest BCUT2D eigenvalue weighted by Crippen LogP contribution is -2.51. The number of amides is 1. The van der Waals surface area contributed by atoms with Crippen LogP contribution in [0, 0.1) is 5.41 Å². The van der Waals surface area contributed by atoms with E-state index in [4.69, 9.17) is 9.47 Å². The van der Waals surface area contributed by atoms with E-state index in [-0.39, 0.29) is 24.0 Å². The van der Waals surface area contributed by atoms with Gasteiger partial charge in [0.2, 0.25) is 5.91 Å². The third-order valence-corrected chi connectivity index (χ3v) is 5.57. The van der Waals surface area contributed by atoms with Gasteiger partial charge in [-0.2, -0.15) is 0 Å². The zero-order valence-electron chi connectivity index (χ0n) is 13.9. The summed E-state index contributed by atoms with van der Waals surface area (Å²) >= 11 is 1.70. The highest BCUT2D eigenvalue weighted by Crippen LogP contribution is 2.41. The Morgan fingerprint density at radius 3 is 3.22 bits per heavy atom. The quantitative estimate of drug-likeness (QED) is 0.780. The molecule has 1 aromatic rings. The highest BCUT2D eigenvalue weighted by Gasteiger charge is 2.48. The molecular weight excluding hydrogens is 314 g/mol. The molecule has 3 rings (SSSR count). The Balaban J connectivity index is 1.58. The molecule has 0 bridgehead atoms. The van der Waals surface area contributed by atoms with Crippen molar-refractivity contribution in [3.63, 3.8) is 0 Å². The number of aromatic nitrogens is 1. The van der Waals surface area contributed by atoms with Crippen molar-refractivity contribution in [1.29, 1.82) is 0 Å². The minimum Gasteiger partial charge on any atom is -0.377 e. The summed E-state index contributed by atoms with van der Waals surface area (Å²) in [4.78, 5) is 20.1. The second kappa shape index (κ2) is 7.25. The molecule has 0 aliphatic carbocycles. The monoisotopic (exact) mass is 339 g/mol. The maximum atomic E-state index is 11.7. The second-order valence-electron chi connectivity index (χ2n) is 6.68. The van der Waals surface area contributed by atoms with E-state index < -0.39 is 0 Å². The Hall–Kier alpha value is -1.02. The molecule has 0 aromatic carbocycles. The van der Waals surface area contributed by atoms with E-state index >= 15 is 0 Å². The maximum absolute atomic E-state index is 11.7. The summed E-state index contributed by atoms with van der Waals surface area (Å²) in [5.41, 5.74) is 0.0160. The smallest absolute Gasteiger partial charge is 0.248 e. The Morgan fingerprint density at radius 1 is 1.61 bits per heavy atom. The lowest BCUT2D eigenvalue weighted by molar-refractivity contribution is -0.136. The molecule has 2 atom stereocenters. The third kappa shape index (κ3) is 3.91. The zero-order valence-corrected chi connectivity index (χ0v) is 14.7. The van der Waals surface area contributed by atoms with E-state index in [0.29, 0.717) is 6.61 Å². The van der Waals surface area contributed by atoms with Crippen molar-refractivity contribution in [3.8, 4) is 0 Å². The molecule has 23 heavy (non-hydrogen) atoms. The first-order chi connectivity index (χ1) is 11.1. The highest BCUT2D eigenvalue weighted by atomic mass is 32.1. The molecule has 6 nitrogen and oxygen atoms in total. The maximum Gasteiger partial charge on any atom is 0.248 e. The Morgan fingerprint density at radius 2 is 2.48 bits per heavy atom. The first-order valence-electron chi connectivity index (χ1n) is 8.09. The number of rotatable bonds is 6. The van der Waals surface area contributed by atoms with E-state index in [1.807, 2.05) is 11.6 Å². The number of carbonyl (C=O) groups is 1. The van der Waals surface area contributed by atoms with Crippen LogP contribution in [0.25, 0.3) is 0 Å². The van der Waals surface area contributed by atoms with Crippen LogP contribution < -0.4 is 0 Å². The van der Waals surface area contributed by atoms with Crippen LogP contribution >= 0.6 is 11.3 Å². The summed E-state index contributed by atoms with van der Waals surface area (Å²) in [5, 5.41) is 3.17. The second-order valence-corrected chi connectivity index (χ2v) is 7.66. The van der Waals surface area contributed by atoms with Crippen LogP contribution in [-0.4, -0.2) is 73.8 Å². The number of hydrogen-bond acceptors (Lipinski definition) is 6. The van der Waals surface area contributed by atoms with Crippen LogP contribution in [0.4, 0.5) is 0 Å². The van der Waals surface area contributed by atoms with Gasteiger partial charge in [-0.15, -0.1) is 11.3 Å². The summed E-state index contributed by atoms with van der Waals surface area (Å²) < 4.78 is 11.7. The van der Waals surface area contributed by atoms with Crippen LogP contribution in [0.1, 0.15) is 17.8 Å². The number of likely N-dealkylation sites (N-methyl/N-ethyl adjacent to an activating group) is 1. The van der Waals surface area contributed by atoms with Gasteiger partial charge in [-0.05, 0) is 12.8 Å². The fourth-order valence-electron chi connectivity index (χ4n) is 3.48. The van der Waals surface area contributed by atoms with Gasteiger partial charge in [-0.25, -0.2) is 4.98 Å². The molecule has 2 fully saturated rings. The molecule has 2 saturated heterocycles. The van der Waals surface area contributed by atoms with Gasteiger partial charge in [0.1, 0.15) is 11.6 Å². The number of ether oxygens (including phenoxy) is 2. The minimum atomic E-state index is 0.00677. The van der Waals surface area contributed by atoms with Crippen LogP contribution in [-0.2, 0) is 20.8 Å². The van der Waals surface area contributed by atoms with Gasteiger partial charge in [0.05, 0.1) is 19.3 Å². The number of carbonyl (C=O) groups excluding carboxylic acids is 1. The van der Waals surface area contributed by atoms with Crippen LogP contribution in [0.3, 0.4) is 0 Å². The lowest BCUT2D eigenvalue weighted by Gasteiger charge is -2.43. The molecule has 2 aliphatic heterocycles. The number of fused-ring (bicyclic) bond motifs is 1. The summed E-state index contributed by atoms with van der Waals surface area (Å²) in [5.74, 6) is 0.00677. The summed E-state index contributed by atoms with van der Waals surface area (Å²) in [6.45, 7) is 4.40. The van der Waals surface area contributed by atoms with E-state index in [0.717, 1.165) is 44.1 Å². The molecule has 0 N–H and O–H groups in total. The van der Waals surface area contributed by atoms with E-state index in [1.54, 1.807) is 30.3 Å². The predicted octanol–water partition coefficient (Wildman–Crippen LogP) is 1.23. The van der Waals surface area contributed by atoms with Gasteiger partial charge in [0, 0.05) is 50.8 Å². The van der Waals surface area contributed by atoms with Gasteiger partial charge in [0.25, 0.3) is 0 Å². The van der Waals surface area contributed by atoms with Gasteiger partial charge in [-0.1, -0.05) is 0 Å². The van der Waals surface area contributed by atoms with Gasteiger partial charge >= 0.3 is 0 Å². The third-order valence-electron chi connectivity index (χ3n) is 4.80. The normalized spacial score (nSPS) is 27.8. The summed E-state index contributed by atoms with van der Waals surface area (Å²) in [6.07, 6.45) is 4.14. The Labute approximate surface area is 141 Å². The molecule has 1 amide bonds. The average molecular weight is 339 g/mol. The first kappa shape index (κ1) is 16.8. The largest absolute Gasteiger partial charge is 0.377 e. The molecule has 0 saturated carbocycles. The number of nitrogens with zero attached hydrogens (tertiary/aromatic N) is 3. The SMILES string of the molecule is CN(C)C(=O)COC[C@]12CCO[C@H]1CCN(Cc1nccs1)C2. The Kier molecular flexibility index (Phi) is 5.31. The summed E-state index contributed by atoms with van der Waals surface area (Å²) in [7, 11) is 3.50. The van der Waals surface area contributed by atoms with Crippen molar-refractivity contribution in [2.45, 2.75) is 25.5 Å². The molecule has 3 heterocycles. The molecule has 1 aromatic heterocycles. The summed E-state index contributed by atoms with van der Waals surface area (Å²) in [6, 6.07) is 0. The number of piperidine rings is 1. The van der Waals surface area contributed by atoms with E-state index in [1.165, 1.54) is 0 Å². The fraction of sp³-hybridized carbons (Fsp3) is 0.750. The molecule has 128 valence electrons. The average Bonchev–Trinajstić information content (AvgIpc) is 3.16. The van der Waals surface area contributed by atoms with Crippen molar-refractivity contribution >= 4 is 17.2 Å². The number of thiazole rings is 1. The van der Waals surface area contributed by atoms with Crippen molar-refractivity contribution in [2.24, 2.45) is 5.41 Å². The van der Waals surface area contributed by atoms with Gasteiger partial charge in [0.15, 0.2) is 0 Å². The topological polar surface area (TPSA) is 54.9 Å². The molecule has 7 heteroatoms. The van der Waals surface area contributed by atoms with Crippen LogP contribution in [0.5, 0.6) is 0 Å². The zero-order chi connectivity index (χ0) is 16.3. The van der Waals surface area contributed by atoms with Crippen molar-refractivity contribution in [3.05, 3.63) is 16.6 Å².